The standard InChI is InChI=1S/C15H11N3.HI/c1-18-10-11(8-16)6-7-15(18)13-9-17-14-5-3-2-4-12(13)14;/h2-7,9-10H,1H3;1H. The lowest BCUT2D eigenvalue weighted by atomic mass is 10.1. The number of nitrogens with one attached hydrogen (secondary N) is 1. The highest BCUT2D eigenvalue weighted by Crippen LogP contribution is 2.25. The Morgan fingerprint density at radius 1 is 1.16 bits per heavy atom. The highest BCUT2D eigenvalue weighted by molar-refractivity contribution is 5.93. The van der Waals surface area contributed by atoms with Crippen LogP contribution in [-0.4, -0.2) is 4.98 Å². The largest absolute Gasteiger partial charge is 1.00 e. The van der Waals surface area contributed by atoms with Crippen molar-refractivity contribution in [2.75, 3.05) is 0 Å². The van der Waals surface area contributed by atoms with Crippen LogP contribution < -0.4 is 28.5 Å². The Morgan fingerprint density at radius 2 is 1.95 bits per heavy atom. The molecule has 0 aliphatic carbocycles. The molecule has 4 heteroatoms. The smallest absolute Gasteiger partial charge is 0.214 e. The minimum Gasteiger partial charge on any atom is -1.00 e. The average Bonchev–Trinajstić information content (AvgIpc) is 2.82. The molecule has 0 radical (unpaired) electrons. The number of nitrogens with zero attached hydrogens (tertiary/aromatic N) is 2. The van der Waals surface area contributed by atoms with E-state index in [0.29, 0.717) is 5.56 Å². The zero-order valence-corrected chi connectivity index (χ0v) is 12.5. The quantitative estimate of drug-likeness (QED) is 0.463. The molecule has 0 spiro atoms. The molecule has 3 aromatic rings. The lowest BCUT2D eigenvalue weighted by Gasteiger charge is -1.98. The van der Waals surface area contributed by atoms with Gasteiger partial charge in [-0.3, -0.25) is 0 Å². The summed E-state index contributed by atoms with van der Waals surface area (Å²) in [6.07, 6.45) is 3.85. The maximum Gasteiger partial charge on any atom is 0.214 e. The lowest BCUT2D eigenvalue weighted by Crippen LogP contribution is -3.00. The fourth-order valence-electron chi connectivity index (χ4n) is 2.24. The molecule has 1 aromatic carbocycles. The van der Waals surface area contributed by atoms with E-state index in [0.717, 1.165) is 16.8 Å². The fraction of sp³-hybridized carbons (Fsp3) is 0.0667. The summed E-state index contributed by atoms with van der Waals surface area (Å²) in [7, 11) is 1.96. The minimum atomic E-state index is 0. The van der Waals surface area contributed by atoms with Gasteiger partial charge in [-0.2, -0.15) is 9.83 Å². The maximum atomic E-state index is 8.89. The van der Waals surface area contributed by atoms with Gasteiger partial charge < -0.3 is 29.0 Å². The van der Waals surface area contributed by atoms with E-state index < -0.39 is 0 Å². The second-order valence-electron chi connectivity index (χ2n) is 4.27. The van der Waals surface area contributed by atoms with Crippen molar-refractivity contribution < 1.29 is 28.5 Å². The second kappa shape index (κ2) is 5.41. The van der Waals surface area contributed by atoms with Gasteiger partial charge in [-0.05, 0) is 12.1 Å². The first-order chi connectivity index (χ1) is 8.79. The molecule has 0 saturated heterocycles. The zero-order valence-electron chi connectivity index (χ0n) is 10.4. The van der Waals surface area contributed by atoms with Crippen LogP contribution in [0.25, 0.3) is 22.2 Å². The minimum absolute atomic E-state index is 0. The molecule has 0 unspecified atom stereocenters. The van der Waals surface area contributed by atoms with E-state index in [1.165, 1.54) is 5.39 Å². The molecule has 0 fully saturated rings. The monoisotopic (exact) mass is 361 g/mol. The van der Waals surface area contributed by atoms with Crippen LogP contribution in [0.2, 0.25) is 0 Å². The van der Waals surface area contributed by atoms with Crippen LogP contribution in [0.3, 0.4) is 0 Å². The number of hydrogen-bond donors (Lipinski definition) is 1. The Morgan fingerprint density at radius 3 is 2.68 bits per heavy atom. The number of benzene rings is 1. The van der Waals surface area contributed by atoms with Gasteiger partial charge in [-0.15, -0.1) is 0 Å². The summed E-state index contributed by atoms with van der Waals surface area (Å²) in [4.78, 5) is 3.26. The van der Waals surface area contributed by atoms with Gasteiger partial charge in [0.15, 0.2) is 6.20 Å². The van der Waals surface area contributed by atoms with E-state index in [2.05, 4.69) is 23.2 Å². The second-order valence-corrected chi connectivity index (χ2v) is 4.27. The number of hydrogen-bond acceptors (Lipinski definition) is 1. The van der Waals surface area contributed by atoms with E-state index in [1.807, 2.05) is 48.3 Å². The first kappa shape index (κ1) is 13.6. The van der Waals surface area contributed by atoms with Crippen LogP contribution in [0.5, 0.6) is 0 Å². The maximum absolute atomic E-state index is 8.89. The number of nitriles is 1. The van der Waals surface area contributed by atoms with Crippen molar-refractivity contribution in [1.82, 2.24) is 4.98 Å². The average molecular weight is 361 g/mol. The normalized spacial score (nSPS) is 9.89. The number of halogens is 1. The highest BCUT2D eigenvalue weighted by Gasteiger charge is 2.14. The summed E-state index contributed by atoms with van der Waals surface area (Å²) < 4.78 is 1.98. The van der Waals surface area contributed by atoms with Crippen molar-refractivity contribution in [3.63, 3.8) is 0 Å². The molecule has 19 heavy (non-hydrogen) atoms. The van der Waals surface area contributed by atoms with Crippen LogP contribution in [0, 0.1) is 11.3 Å². The fourth-order valence-corrected chi connectivity index (χ4v) is 2.24. The molecule has 0 amide bonds. The van der Waals surface area contributed by atoms with E-state index in [1.54, 1.807) is 0 Å². The summed E-state index contributed by atoms with van der Waals surface area (Å²) in [5.74, 6) is 0. The number of aryl methyl sites for hydroxylation is 1. The molecule has 3 nitrogen and oxygen atoms in total. The van der Waals surface area contributed by atoms with Gasteiger partial charge in [0.05, 0.1) is 5.56 Å². The van der Waals surface area contributed by atoms with Crippen molar-refractivity contribution in [1.29, 1.82) is 5.26 Å². The third-order valence-corrected chi connectivity index (χ3v) is 3.13. The third kappa shape index (κ3) is 2.34. The highest BCUT2D eigenvalue weighted by atomic mass is 127. The first-order valence-electron chi connectivity index (χ1n) is 5.76. The van der Waals surface area contributed by atoms with E-state index >= 15 is 0 Å². The molecule has 94 valence electrons. The topological polar surface area (TPSA) is 43.5 Å². The Balaban J connectivity index is 0.00000133. The Bertz CT molecular complexity index is 768. The third-order valence-electron chi connectivity index (χ3n) is 3.13. The molecule has 0 aliphatic rings. The van der Waals surface area contributed by atoms with Crippen LogP contribution in [0.4, 0.5) is 0 Å². The molecule has 2 heterocycles. The molecule has 3 rings (SSSR count). The number of para-hydroxylation sites is 1. The summed E-state index contributed by atoms with van der Waals surface area (Å²) >= 11 is 0. The molecule has 0 bridgehead atoms. The van der Waals surface area contributed by atoms with Crippen LogP contribution in [-0.2, 0) is 7.05 Å². The van der Waals surface area contributed by atoms with Crippen LogP contribution in [0.1, 0.15) is 5.56 Å². The first-order valence-corrected chi connectivity index (χ1v) is 5.76. The van der Waals surface area contributed by atoms with Crippen molar-refractivity contribution in [3.8, 4) is 17.3 Å². The van der Waals surface area contributed by atoms with E-state index in [9.17, 15) is 0 Å². The summed E-state index contributed by atoms with van der Waals surface area (Å²) in [6, 6.07) is 14.2. The molecule has 0 saturated carbocycles. The SMILES string of the molecule is C[n+]1cc(C#N)ccc1-c1c[nH]c2ccccc12.[I-]. The summed E-state index contributed by atoms with van der Waals surface area (Å²) in [5, 5.41) is 10.1. The Labute approximate surface area is 128 Å². The number of pyridine rings is 1. The van der Waals surface area contributed by atoms with Gasteiger partial charge in [0, 0.05) is 23.2 Å². The molecule has 2 aromatic heterocycles. The van der Waals surface area contributed by atoms with Crippen LogP contribution in [0.15, 0.2) is 48.8 Å². The van der Waals surface area contributed by atoms with Gasteiger partial charge >= 0.3 is 0 Å². The number of H-pyrrole nitrogens is 1. The molecule has 0 atom stereocenters. The zero-order chi connectivity index (χ0) is 12.5. The van der Waals surface area contributed by atoms with Gasteiger partial charge in [0.25, 0.3) is 0 Å². The number of aromatic nitrogens is 2. The van der Waals surface area contributed by atoms with Gasteiger partial charge in [0.1, 0.15) is 18.7 Å². The predicted molar refractivity (Wildman–Crippen MR) is 69.6 cm³/mol. The lowest BCUT2D eigenvalue weighted by molar-refractivity contribution is -0.660. The number of rotatable bonds is 1. The van der Waals surface area contributed by atoms with Gasteiger partial charge in [0.2, 0.25) is 5.69 Å². The number of fused-ring (bicyclic) bond motifs is 1. The van der Waals surface area contributed by atoms with Crippen molar-refractivity contribution in [2.24, 2.45) is 7.05 Å². The van der Waals surface area contributed by atoms with Gasteiger partial charge in [-0.25, -0.2) is 0 Å². The molecular weight excluding hydrogens is 349 g/mol. The summed E-state index contributed by atoms with van der Waals surface area (Å²) in [6.45, 7) is 0. The van der Waals surface area contributed by atoms with Crippen molar-refractivity contribution in [3.05, 3.63) is 54.4 Å². The van der Waals surface area contributed by atoms with Crippen LogP contribution >= 0.6 is 0 Å². The molecular formula is C15H12IN3. The van der Waals surface area contributed by atoms with Gasteiger partial charge in [-0.1, -0.05) is 18.2 Å². The molecule has 1 N–H and O–H groups in total. The van der Waals surface area contributed by atoms with Crippen molar-refractivity contribution in [2.45, 2.75) is 0 Å². The van der Waals surface area contributed by atoms with E-state index in [-0.39, 0.29) is 24.0 Å². The predicted octanol–water partition coefficient (Wildman–Crippen LogP) is -0.465. The Hall–Kier alpha value is -1.87. The molecule has 0 aliphatic heterocycles. The Kier molecular flexibility index (Phi) is 3.86. The van der Waals surface area contributed by atoms with Crippen molar-refractivity contribution >= 4 is 10.9 Å². The van der Waals surface area contributed by atoms with E-state index in [4.69, 9.17) is 5.26 Å². The summed E-state index contributed by atoms with van der Waals surface area (Å²) in [5.41, 5.74) is 4.03. The number of aromatic amines is 1.